The highest BCUT2D eigenvalue weighted by Gasteiger charge is 1.99. The lowest BCUT2D eigenvalue weighted by atomic mass is 10.1. The molecular weight excluding hydrogens is 186 g/mol. The molecule has 0 unspecified atom stereocenters. The number of benzene rings is 1. The van der Waals surface area contributed by atoms with E-state index in [9.17, 15) is 4.79 Å². The number of hydrogen-bond acceptors (Lipinski definition) is 2. The fourth-order valence-corrected chi connectivity index (χ4v) is 1.54. The van der Waals surface area contributed by atoms with Crippen molar-refractivity contribution in [3.05, 3.63) is 53.8 Å². The van der Waals surface area contributed by atoms with Crippen LogP contribution in [0.3, 0.4) is 0 Å². The van der Waals surface area contributed by atoms with Crippen LogP contribution in [0.25, 0.3) is 0 Å². The summed E-state index contributed by atoms with van der Waals surface area (Å²) in [6, 6.07) is 7.47. The highest BCUT2D eigenvalue weighted by atomic mass is 16.1. The van der Waals surface area contributed by atoms with Crippen LogP contribution in [0.4, 0.5) is 5.69 Å². The maximum absolute atomic E-state index is 10.5. The Bertz CT molecular complexity index is 401. The fraction of sp³-hybridized carbons (Fsp3) is 0.154. The smallest absolute Gasteiger partial charge is 0.150 e. The van der Waals surface area contributed by atoms with Gasteiger partial charge < -0.3 is 5.32 Å². The number of allylic oxidation sites excluding steroid dienone is 4. The Balaban J connectivity index is 2.07. The van der Waals surface area contributed by atoms with Crippen molar-refractivity contribution in [2.75, 3.05) is 5.32 Å². The van der Waals surface area contributed by atoms with E-state index >= 15 is 0 Å². The third-order valence-electron chi connectivity index (χ3n) is 2.37. The lowest BCUT2D eigenvalue weighted by Gasteiger charge is -2.11. The number of aldehydes is 1. The fourth-order valence-electron chi connectivity index (χ4n) is 1.54. The summed E-state index contributed by atoms with van der Waals surface area (Å²) in [7, 11) is 0. The zero-order chi connectivity index (χ0) is 10.5. The number of carbonyl (C=O) groups is 1. The molecule has 0 saturated heterocycles. The Kier molecular flexibility index (Phi) is 2.98. The first-order chi connectivity index (χ1) is 7.38. The molecule has 0 radical (unpaired) electrons. The SMILES string of the molecule is O=Cc1ccc(NC2=CC=CCC2)cc1. The summed E-state index contributed by atoms with van der Waals surface area (Å²) in [6.07, 6.45) is 9.28. The normalized spacial score (nSPS) is 14.5. The molecule has 1 aliphatic rings. The number of rotatable bonds is 3. The van der Waals surface area contributed by atoms with E-state index in [-0.39, 0.29) is 0 Å². The molecular formula is C13H13NO. The van der Waals surface area contributed by atoms with Gasteiger partial charge in [0.2, 0.25) is 0 Å². The van der Waals surface area contributed by atoms with Crippen LogP contribution in [0.5, 0.6) is 0 Å². The minimum Gasteiger partial charge on any atom is -0.359 e. The van der Waals surface area contributed by atoms with Crippen molar-refractivity contribution in [2.45, 2.75) is 12.8 Å². The molecule has 1 aromatic carbocycles. The van der Waals surface area contributed by atoms with Crippen molar-refractivity contribution in [3.8, 4) is 0 Å². The van der Waals surface area contributed by atoms with Gasteiger partial charge in [0, 0.05) is 16.9 Å². The second-order valence-electron chi connectivity index (χ2n) is 3.52. The summed E-state index contributed by atoms with van der Waals surface area (Å²) < 4.78 is 0. The molecule has 2 heteroatoms. The van der Waals surface area contributed by atoms with E-state index in [2.05, 4.69) is 23.5 Å². The molecule has 0 atom stereocenters. The monoisotopic (exact) mass is 199 g/mol. The first-order valence-electron chi connectivity index (χ1n) is 5.06. The Morgan fingerprint density at radius 2 is 2.00 bits per heavy atom. The van der Waals surface area contributed by atoms with Crippen molar-refractivity contribution >= 4 is 12.0 Å². The van der Waals surface area contributed by atoms with Gasteiger partial charge in [-0.15, -0.1) is 0 Å². The molecule has 2 nitrogen and oxygen atoms in total. The Morgan fingerprint density at radius 3 is 2.60 bits per heavy atom. The van der Waals surface area contributed by atoms with Gasteiger partial charge in [-0.05, 0) is 43.2 Å². The number of carbonyl (C=O) groups excluding carboxylic acids is 1. The number of nitrogens with one attached hydrogen (secondary N) is 1. The minimum atomic E-state index is 0.707. The number of anilines is 1. The summed E-state index contributed by atoms with van der Waals surface area (Å²) >= 11 is 0. The van der Waals surface area contributed by atoms with E-state index in [1.807, 2.05) is 24.3 Å². The average molecular weight is 199 g/mol. The van der Waals surface area contributed by atoms with Gasteiger partial charge in [-0.3, -0.25) is 4.79 Å². The van der Waals surface area contributed by atoms with Crippen LogP contribution in [0.2, 0.25) is 0 Å². The largest absolute Gasteiger partial charge is 0.359 e. The number of hydrogen-bond donors (Lipinski definition) is 1. The summed E-state index contributed by atoms with van der Waals surface area (Å²) in [5.41, 5.74) is 2.96. The molecule has 0 heterocycles. The van der Waals surface area contributed by atoms with Crippen LogP contribution in [0.1, 0.15) is 23.2 Å². The van der Waals surface area contributed by atoms with Gasteiger partial charge in [0.15, 0.2) is 0 Å². The van der Waals surface area contributed by atoms with E-state index in [0.717, 1.165) is 24.8 Å². The van der Waals surface area contributed by atoms with Crippen molar-refractivity contribution in [1.82, 2.24) is 0 Å². The first kappa shape index (κ1) is 9.71. The van der Waals surface area contributed by atoms with E-state index in [1.54, 1.807) is 0 Å². The molecule has 0 aromatic heterocycles. The van der Waals surface area contributed by atoms with Gasteiger partial charge in [0.1, 0.15) is 6.29 Å². The zero-order valence-electron chi connectivity index (χ0n) is 8.44. The molecule has 0 saturated carbocycles. The second-order valence-corrected chi connectivity index (χ2v) is 3.52. The molecule has 0 fully saturated rings. The van der Waals surface area contributed by atoms with Crippen molar-refractivity contribution < 1.29 is 4.79 Å². The first-order valence-corrected chi connectivity index (χ1v) is 5.06. The Labute approximate surface area is 89.3 Å². The third-order valence-corrected chi connectivity index (χ3v) is 2.37. The lowest BCUT2D eigenvalue weighted by Crippen LogP contribution is -2.00. The van der Waals surface area contributed by atoms with Crippen LogP contribution in [0.15, 0.2) is 48.2 Å². The summed E-state index contributed by atoms with van der Waals surface area (Å²) in [5, 5.41) is 3.33. The van der Waals surface area contributed by atoms with E-state index in [1.165, 1.54) is 5.70 Å². The average Bonchev–Trinajstić information content (AvgIpc) is 2.31. The maximum Gasteiger partial charge on any atom is 0.150 e. The van der Waals surface area contributed by atoms with Crippen LogP contribution in [-0.4, -0.2) is 6.29 Å². The molecule has 0 spiro atoms. The highest BCUT2D eigenvalue weighted by Crippen LogP contribution is 2.16. The van der Waals surface area contributed by atoms with Crippen molar-refractivity contribution in [3.63, 3.8) is 0 Å². The molecule has 1 aromatic rings. The van der Waals surface area contributed by atoms with Crippen LogP contribution < -0.4 is 5.32 Å². The Morgan fingerprint density at radius 1 is 1.20 bits per heavy atom. The van der Waals surface area contributed by atoms with Gasteiger partial charge in [-0.25, -0.2) is 0 Å². The standard InChI is InChI=1S/C13H13NO/c15-10-11-6-8-13(9-7-11)14-12-4-2-1-3-5-12/h1-2,4,6-10,14H,3,5H2. The van der Waals surface area contributed by atoms with Gasteiger partial charge in [0.05, 0.1) is 0 Å². The predicted octanol–water partition coefficient (Wildman–Crippen LogP) is 3.14. The molecule has 0 amide bonds. The van der Waals surface area contributed by atoms with Crippen LogP contribution in [-0.2, 0) is 0 Å². The summed E-state index contributed by atoms with van der Waals surface area (Å²) in [4.78, 5) is 10.5. The molecule has 0 aliphatic heterocycles. The zero-order valence-corrected chi connectivity index (χ0v) is 8.44. The second kappa shape index (κ2) is 4.60. The van der Waals surface area contributed by atoms with Gasteiger partial charge >= 0.3 is 0 Å². The molecule has 1 N–H and O–H groups in total. The quantitative estimate of drug-likeness (QED) is 0.758. The van der Waals surface area contributed by atoms with Crippen LogP contribution in [0, 0.1) is 0 Å². The molecule has 0 bridgehead atoms. The van der Waals surface area contributed by atoms with Gasteiger partial charge in [-0.1, -0.05) is 12.2 Å². The molecule has 2 rings (SSSR count). The maximum atomic E-state index is 10.5. The summed E-state index contributed by atoms with van der Waals surface area (Å²) in [6.45, 7) is 0. The molecule has 15 heavy (non-hydrogen) atoms. The van der Waals surface area contributed by atoms with Gasteiger partial charge in [0.25, 0.3) is 0 Å². The topological polar surface area (TPSA) is 29.1 Å². The van der Waals surface area contributed by atoms with Crippen molar-refractivity contribution in [1.29, 1.82) is 0 Å². The molecule has 76 valence electrons. The summed E-state index contributed by atoms with van der Waals surface area (Å²) in [5.74, 6) is 0. The minimum absolute atomic E-state index is 0.707. The highest BCUT2D eigenvalue weighted by molar-refractivity contribution is 5.75. The van der Waals surface area contributed by atoms with Crippen LogP contribution >= 0.6 is 0 Å². The van der Waals surface area contributed by atoms with E-state index in [0.29, 0.717) is 5.56 Å². The van der Waals surface area contributed by atoms with E-state index in [4.69, 9.17) is 0 Å². The Hall–Kier alpha value is -1.83. The van der Waals surface area contributed by atoms with E-state index < -0.39 is 0 Å². The predicted molar refractivity (Wildman–Crippen MR) is 61.9 cm³/mol. The third kappa shape index (κ3) is 2.56. The lowest BCUT2D eigenvalue weighted by molar-refractivity contribution is 0.112. The molecule has 1 aliphatic carbocycles. The van der Waals surface area contributed by atoms with Gasteiger partial charge in [-0.2, -0.15) is 0 Å². The van der Waals surface area contributed by atoms with Crippen molar-refractivity contribution in [2.24, 2.45) is 0 Å².